The van der Waals surface area contributed by atoms with Crippen LogP contribution in [0, 0.1) is 0 Å². The molecule has 1 aromatic carbocycles. The van der Waals surface area contributed by atoms with Crippen LogP contribution < -0.4 is 10.6 Å². The number of likely N-dealkylation sites (tertiary alicyclic amines) is 1. The Bertz CT molecular complexity index is 963. The van der Waals surface area contributed by atoms with Gasteiger partial charge in [0.15, 0.2) is 5.82 Å². The van der Waals surface area contributed by atoms with Crippen LogP contribution in [0.1, 0.15) is 17.8 Å². The smallest absolute Gasteiger partial charge is 0.322 e. The third-order valence-corrected chi connectivity index (χ3v) is 4.99. The molecule has 0 radical (unpaired) electrons. The van der Waals surface area contributed by atoms with Gasteiger partial charge in [-0.05, 0) is 35.0 Å². The van der Waals surface area contributed by atoms with Gasteiger partial charge in [-0.25, -0.2) is 4.79 Å². The molecule has 2 aliphatic heterocycles. The van der Waals surface area contributed by atoms with Crippen LogP contribution in [0.2, 0.25) is 5.02 Å². The highest BCUT2D eigenvalue weighted by Crippen LogP contribution is 2.35. The van der Waals surface area contributed by atoms with Crippen molar-refractivity contribution in [3.8, 4) is 5.69 Å². The number of alkyl halides is 3. The maximum Gasteiger partial charge on any atom is 0.418 e. The topological polar surface area (TPSA) is 105 Å². The largest absolute Gasteiger partial charge is 0.418 e. The van der Waals surface area contributed by atoms with Gasteiger partial charge in [0, 0.05) is 18.1 Å². The molecule has 13 heteroatoms. The highest BCUT2D eigenvalue weighted by Gasteiger charge is 2.50. The third-order valence-electron chi connectivity index (χ3n) is 4.75. The minimum atomic E-state index is -4.65. The van der Waals surface area contributed by atoms with E-state index in [0.717, 1.165) is 10.7 Å². The van der Waals surface area contributed by atoms with Crippen molar-refractivity contribution in [3.05, 3.63) is 34.6 Å². The predicted octanol–water partition coefficient (Wildman–Crippen LogP) is 1.12. The predicted molar refractivity (Wildman–Crippen MR) is 88.5 cm³/mol. The number of aromatic nitrogens is 4. The van der Waals surface area contributed by atoms with Crippen molar-refractivity contribution < 1.29 is 22.8 Å². The summed E-state index contributed by atoms with van der Waals surface area (Å²) in [7, 11) is 0. The van der Waals surface area contributed by atoms with Crippen molar-refractivity contribution in [1.29, 1.82) is 0 Å². The van der Waals surface area contributed by atoms with E-state index in [2.05, 4.69) is 26.2 Å². The summed E-state index contributed by atoms with van der Waals surface area (Å²) in [6.07, 6.45) is -4.27. The van der Waals surface area contributed by atoms with Gasteiger partial charge in [-0.3, -0.25) is 15.0 Å². The summed E-state index contributed by atoms with van der Waals surface area (Å²) >= 11 is 5.71. The highest BCUT2D eigenvalue weighted by molar-refractivity contribution is 6.30. The summed E-state index contributed by atoms with van der Waals surface area (Å²) in [5.74, 6) is -0.258. The molecule has 3 heterocycles. The standard InChI is InChI=1S/C15H13ClF3N7O2/c16-8-1-2-10(9(5-8)15(17,18)19)26-11(22-23-24-26)6-25-4-3-14(7-25)12(27)20-13(28)21-14/h1-2,5H,3-4,6-7H2,(H2,20,21,27,28). The Kier molecular flexibility index (Phi) is 4.27. The van der Waals surface area contributed by atoms with E-state index >= 15 is 0 Å². The van der Waals surface area contributed by atoms with Gasteiger partial charge in [0.2, 0.25) is 0 Å². The molecule has 1 aromatic heterocycles. The number of urea groups is 1. The molecular formula is C15H13ClF3N7O2. The summed E-state index contributed by atoms with van der Waals surface area (Å²) in [6.45, 7) is 0.731. The minimum absolute atomic E-state index is 0.0600. The maximum atomic E-state index is 13.4. The van der Waals surface area contributed by atoms with E-state index in [1.807, 2.05) is 0 Å². The van der Waals surface area contributed by atoms with Crippen LogP contribution >= 0.6 is 11.6 Å². The summed E-state index contributed by atoms with van der Waals surface area (Å²) in [5, 5.41) is 15.7. The summed E-state index contributed by atoms with van der Waals surface area (Å²) in [6, 6.07) is 2.76. The lowest BCUT2D eigenvalue weighted by Gasteiger charge is -2.21. The molecule has 1 unspecified atom stereocenters. The minimum Gasteiger partial charge on any atom is -0.322 e. The first-order chi connectivity index (χ1) is 13.2. The van der Waals surface area contributed by atoms with Crippen molar-refractivity contribution in [1.82, 2.24) is 35.7 Å². The lowest BCUT2D eigenvalue weighted by atomic mass is 10.00. The second kappa shape index (κ2) is 6.41. The molecule has 9 nitrogen and oxygen atoms in total. The van der Waals surface area contributed by atoms with Crippen molar-refractivity contribution in [2.45, 2.75) is 24.7 Å². The first-order valence-electron chi connectivity index (χ1n) is 8.18. The Morgan fingerprint density at radius 3 is 2.75 bits per heavy atom. The number of imide groups is 1. The Balaban J connectivity index is 1.60. The molecule has 2 aromatic rings. The van der Waals surface area contributed by atoms with Gasteiger partial charge in [0.05, 0.1) is 17.8 Å². The van der Waals surface area contributed by atoms with E-state index < -0.39 is 29.2 Å². The fourth-order valence-electron chi connectivity index (χ4n) is 3.45. The number of nitrogens with one attached hydrogen (secondary N) is 2. The van der Waals surface area contributed by atoms with Gasteiger partial charge in [-0.1, -0.05) is 11.6 Å². The lowest BCUT2D eigenvalue weighted by molar-refractivity contribution is -0.137. The molecule has 4 rings (SSSR count). The zero-order chi connectivity index (χ0) is 20.1. The molecule has 2 N–H and O–H groups in total. The number of carbonyl (C=O) groups excluding carboxylic acids is 2. The van der Waals surface area contributed by atoms with E-state index in [9.17, 15) is 22.8 Å². The van der Waals surface area contributed by atoms with Gasteiger partial charge < -0.3 is 5.32 Å². The van der Waals surface area contributed by atoms with Gasteiger partial charge in [-0.15, -0.1) is 5.10 Å². The number of amides is 3. The molecule has 0 saturated carbocycles. The number of hydrogen-bond acceptors (Lipinski definition) is 6. The molecule has 3 amide bonds. The quantitative estimate of drug-likeness (QED) is 0.728. The third kappa shape index (κ3) is 3.18. The molecule has 28 heavy (non-hydrogen) atoms. The fourth-order valence-corrected chi connectivity index (χ4v) is 3.62. The number of benzene rings is 1. The fraction of sp³-hybridized carbons (Fsp3) is 0.400. The second-order valence-electron chi connectivity index (χ2n) is 6.62. The van der Waals surface area contributed by atoms with E-state index in [0.29, 0.717) is 13.0 Å². The van der Waals surface area contributed by atoms with Crippen LogP contribution in [-0.2, 0) is 17.5 Å². The van der Waals surface area contributed by atoms with Crippen molar-refractivity contribution in [2.75, 3.05) is 13.1 Å². The Morgan fingerprint density at radius 1 is 1.29 bits per heavy atom. The molecule has 1 atom stereocenters. The van der Waals surface area contributed by atoms with Crippen LogP contribution in [0.15, 0.2) is 18.2 Å². The molecular weight excluding hydrogens is 403 g/mol. The second-order valence-corrected chi connectivity index (χ2v) is 7.05. The van der Waals surface area contributed by atoms with Crippen molar-refractivity contribution >= 4 is 23.5 Å². The van der Waals surface area contributed by atoms with Crippen molar-refractivity contribution in [2.24, 2.45) is 0 Å². The van der Waals surface area contributed by atoms with Crippen LogP contribution in [0.5, 0.6) is 0 Å². The number of tetrazole rings is 1. The number of rotatable bonds is 3. The van der Waals surface area contributed by atoms with Gasteiger partial charge in [-0.2, -0.15) is 17.9 Å². The van der Waals surface area contributed by atoms with E-state index in [1.165, 1.54) is 12.1 Å². The van der Waals surface area contributed by atoms with E-state index in [1.54, 1.807) is 4.90 Å². The zero-order valence-electron chi connectivity index (χ0n) is 14.1. The summed E-state index contributed by atoms with van der Waals surface area (Å²) < 4.78 is 41.2. The van der Waals surface area contributed by atoms with Crippen LogP contribution in [0.3, 0.4) is 0 Å². The number of halogens is 4. The first kappa shape index (κ1) is 18.6. The first-order valence-corrected chi connectivity index (χ1v) is 8.56. The molecule has 2 saturated heterocycles. The lowest BCUT2D eigenvalue weighted by Crippen LogP contribution is -2.49. The number of hydrogen-bond donors (Lipinski definition) is 2. The zero-order valence-corrected chi connectivity index (χ0v) is 14.9. The monoisotopic (exact) mass is 415 g/mol. The van der Waals surface area contributed by atoms with Gasteiger partial charge in [0.25, 0.3) is 5.91 Å². The average Bonchev–Trinajstić information content (AvgIpc) is 3.28. The molecule has 0 bridgehead atoms. The molecule has 2 aliphatic rings. The van der Waals surface area contributed by atoms with Crippen molar-refractivity contribution in [3.63, 3.8) is 0 Å². The Morgan fingerprint density at radius 2 is 2.07 bits per heavy atom. The van der Waals surface area contributed by atoms with Gasteiger partial charge >= 0.3 is 12.2 Å². The number of carbonyl (C=O) groups is 2. The molecule has 1 spiro atoms. The average molecular weight is 416 g/mol. The summed E-state index contributed by atoms with van der Waals surface area (Å²) in [4.78, 5) is 25.2. The van der Waals surface area contributed by atoms with E-state index in [4.69, 9.17) is 11.6 Å². The summed E-state index contributed by atoms with van der Waals surface area (Å²) in [5.41, 5.74) is -2.25. The Labute approximate surface area is 160 Å². The SMILES string of the molecule is O=C1NC(=O)C2(CCN(Cc3nnnn3-c3ccc(Cl)cc3C(F)(F)F)C2)N1. The van der Waals surface area contributed by atoms with Crippen LogP contribution in [-0.4, -0.2) is 55.7 Å². The van der Waals surface area contributed by atoms with Crippen LogP contribution in [0.4, 0.5) is 18.0 Å². The van der Waals surface area contributed by atoms with Crippen LogP contribution in [0.25, 0.3) is 5.69 Å². The normalized spacial score (nSPS) is 22.7. The molecule has 0 aliphatic carbocycles. The number of nitrogens with zero attached hydrogens (tertiary/aromatic N) is 5. The van der Waals surface area contributed by atoms with E-state index in [-0.39, 0.29) is 29.6 Å². The molecule has 2 fully saturated rings. The molecule has 148 valence electrons. The maximum absolute atomic E-state index is 13.4. The highest BCUT2D eigenvalue weighted by atomic mass is 35.5. The van der Waals surface area contributed by atoms with Gasteiger partial charge in [0.1, 0.15) is 5.54 Å². The Hall–Kier alpha value is -2.73.